The summed E-state index contributed by atoms with van der Waals surface area (Å²) in [6, 6.07) is 17.7. The monoisotopic (exact) mass is 341 g/mol. The van der Waals surface area contributed by atoms with Crippen molar-refractivity contribution in [3.63, 3.8) is 0 Å². The fourth-order valence-corrected chi connectivity index (χ4v) is 3.06. The predicted octanol–water partition coefficient (Wildman–Crippen LogP) is 3.81. The van der Waals surface area contributed by atoms with Crippen molar-refractivity contribution in [2.75, 3.05) is 31.7 Å². The highest BCUT2D eigenvalue weighted by molar-refractivity contribution is 8.14. The Bertz CT molecular complexity index is 700. The van der Waals surface area contributed by atoms with Crippen LogP contribution >= 0.6 is 11.8 Å². The minimum atomic E-state index is 0.0533. The number of rotatable bonds is 1. The van der Waals surface area contributed by atoms with Crippen LogP contribution in [0.2, 0.25) is 0 Å². The van der Waals surface area contributed by atoms with Crippen LogP contribution in [-0.4, -0.2) is 31.5 Å². The van der Waals surface area contributed by atoms with Gasteiger partial charge in [-0.05, 0) is 35.5 Å². The Morgan fingerprint density at radius 2 is 1.50 bits per heavy atom. The Kier molecular flexibility index (Phi) is 6.07. The molecule has 0 atom stereocenters. The molecule has 5 heteroatoms. The lowest BCUT2D eigenvalue weighted by Crippen LogP contribution is -2.16. The molecule has 0 radical (unpaired) electrons. The van der Waals surface area contributed by atoms with E-state index in [9.17, 15) is 4.79 Å². The summed E-state index contributed by atoms with van der Waals surface area (Å²) in [5, 5.41) is 3.24. The highest BCUT2D eigenvalue weighted by Gasteiger charge is 2.20. The van der Waals surface area contributed by atoms with Crippen LogP contribution in [0.25, 0.3) is 6.08 Å². The van der Waals surface area contributed by atoms with Gasteiger partial charge in [0.1, 0.15) is 0 Å². The molecule has 0 aromatic heterocycles. The van der Waals surface area contributed by atoms with Gasteiger partial charge in [0, 0.05) is 4.90 Å². The Morgan fingerprint density at radius 3 is 2.17 bits per heavy atom. The lowest BCUT2D eigenvalue weighted by Gasteiger charge is -2.18. The SMILES string of the molecule is C1COCCO1.O=C1Sc2ccccc2N/C1=C/c1ccccc1. The van der Waals surface area contributed by atoms with E-state index in [0.29, 0.717) is 5.70 Å². The molecule has 0 saturated carbocycles. The summed E-state index contributed by atoms with van der Waals surface area (Å²) >= 11 is 1.27. The molecule has 2 aliphatic rings. The van der Waals surface area contributed by atoms with E-state index < -0.39 is 0 Å². The number of hydrogen-bond donors (Lipinski definition) is 1. The molecule has 4 nitrogen and oxygen atoms in total. The third-order valence-corrected chi connectivity index (χ3v) is 4.41. The highest BCUT2D eigenvalue weighted by atomic mass is 32.2. The topological polar surface area (TPSA) is 47.6 Å². The van der Waals surface area contributed by atoms with Gasteiger partial charge in [-0.1, -0.05) is 42.5 Å². The number of nitrogens with one attached hydrogen (secondary N) is 1. The number of fused-ring (bicyclic) bond motifs is 1. The molecule has 0 amide bonds. The second-order valence-electron chi connectivity index (χ2n) is 5.20. The number of benzene rings is 2. The summed E-state index contributed by atoms with van der Waals surface area (Å²) in [7, 11) is 0. The van der Waals surface area contributed by atoms with Crippen LogP contribution in [0.3, 0.4) is 0 Å². The zero-order chi connectivity index (χ0) is 16.6. The van der Waals surface area contributed by atoms with Gasteiger partial charge in [0.05, 0.1) is 37.8 Å². The van der Waals surface area contributed by atoms with Gasteiger partial charge in [-0.2, -0.15) is 0 Å². The van der Waals surface area contributed by atoms with Crippen molar-refractivity contribution < 1.29 is 14.3 Å². The number of para-hydroxylation sites is 1. The maximum absolute atomic E-state index is 12.0. The quantitative estimate of drug-likeness (QED) is 0.800. The van der Waals surface area contributed by atoms with E-state index >= 15 is 0 Å². The van der Waals surface area contributed by atoms with Crippen molar-refractivity contribution in [1.82, 2.24) is 0 Å². The molecule has 1 N–H and O–H groups in total. The molecule has 2 heterocycles. The number of ether oxygens (including phenoxy) is 2. The van der Waals surface area contributed by atoms with E-state index in [2.05, 4.69) is 5.32 Å². The summed E-state index contributed by atoms with van der Waals surface area (Å²) in [4.78, 5) is 13.0. The molecule has 1 fully saturated rings. The van der Waals surface area contributed by atoms with Crippen LogP contribution in [0.15, 0.2) is 65.2 Å². The number of carbonyl (C=O) groups excluding carboxylic acids is 1. The first kappa shape index (κ1) is 16.8. The van der Waals surface area contributed by atoms with Gasteiger partial charge in [0.15, 0.2) is 0 Å². The predicted molar refractivity (Wildman–Crippen MR) is 97.0 cm³/mol. The lowest BCUT2D eigenvalue weighted by atomic mass is 10.2. The van der Waals surface area contributed by atoms with Gasteiger partial charge < -0.3 is 14.8 Å². The Balaban J connectivity index is 0.000000238. The number of anilines is 1. The molecule has 1 saturated heterocycles. The zero-order valence-electron chi connectivity index (χ0n) is 13.2. The molecular formula is C19H19NO3S. The van der Waals surface area contributed by atoms with Crippen LogP contribution in [0.5, 0.6) is 0 Å². The molecule has 0 aliphatic carbocycles. The molecule has 24 heavy (non-hydrogen) atoms. The van der Waals surface area contributed by atoms with Crippen LogP contribution in [-0.2, 0) is 14.3 Å². The van der Waals surface area contributed by atoms with E-state index in [4.69, 9.17) is 9.47 Å². The van der Waals surface area contributed by atoms with E-state index in [1.807, 2.05) is 60.7 Å². The molecule has 0 bridgehead atoms. The van der Waals surface area contributed by atoms with Crippen molar-refractivity contribution >= 4 is 28.6 Å². The Morgan fingerprint density at radius 1 is 0.875 bits per heavy atom. The average Bonchev–Trinajstić information content (AvgIpc) is 2.65. The van der Waals surface area contributed by atoms with Crippen molar-refractivity contribution in [3.8, 4) is 0 Å². The van der Waals surface area contributed by atoms with E-state index in [1.54, 1.807) is 0 Å². The molecule has 4 rings (SSSR count). The van der Waals surface area contributed by atoms with Crippen LogP contribution in [0.4, 0.5) is 5.69 Å². The first-order valence-corrected chi connectivity index (χ1v) is 8.65. The molecule has 0 spiro atoms. The van der Waals surface area contributed by atoms with Gasteiger partial charge in [-0.3, -0.25) is 4.79 Å². The number of carbonyl (C=O) groups is 1. The first-order valence-electron chi connectivity index (χ1n) is 7.83. The van der Waals surface area contributed by atoms with E-state index in [1.165, 1.54) is 11.8 Å². The van der Waals surface area contributed by atoms with Gasteiger partial charge in [-0.25, -0.2) is 0 Å². The van der Waals surface area contributed by atoms with Gasteiger partial charge in [0.2, 0.25) is 5.12 Å². The summed E-state index contributed by atoms with van der Waals surface area (Å²) in [5.41, 5.74) is 2.64. The number of hydrogen-bond acceptors (Lipinski definition) is 5. The van der Waals surface area contributed by atoms with Gasteiger partial charge in [-0.15, -0.1) is 0 Å². The van der Waals surface area contributed by atoms with Gasteiger partial charge >= 0.3 is 0 Å². The molecule has 2 aromatic carbocycles. The summed E-state index contributed by atoms with van der Waals surface area (Å²) in [5.74, 6) is 0. The normalized spacial score (nSPS) is 18.2. The maximum Gasteiger partial charge on any atom is 0.240 e. The lowest BCUT2D eigenvalue weighted by molar-refractivity contribution is -0.107. The summed E-state index contributed by atoms with van der Waals surface area (Å²) < 4.78 is 9.89. The molecular weight excluding hydrogens is 322 g/mol. The van der Waals surface area contributed by atoms with Crippen molar-refractivity contribution in [3.05, 3.63) is 65.9 Å². The largest absolute Gasteiger partial charge is 0.377 e. The molecule has 124 valence electrons. The standard InChI is InChI=1S/C15H11NOS.C4H8O2/c17-15-13(10-11-6-2-1-3-7-11)16-12-8-4-5-9-14(12)18-15;1-2-6-4-3-5-1/h1-10,16H;1-4H2/b13-10+;. The molecule has 0 unspecified atom stereocenters. The first-order chi connectivity index (χ1) is 11.8. The number of thioether (sulfide) groups is 1. The van der Waals surface area contributed by atoms with E-state index in [-0.39, 0.29) is 5.12 Å². The van der Waals surface area contributed by atoms with Gasteiger partial charge in [0.25, 0.3) is 0 Å². The van der Waals surface area contributed by atoms with E-state index in [0.717, 1.165) is 42.6 Å². The summed E-state index contributed by atoms with van der Waals surface area (Å²) in [6.45, 7) is 3.11. The maximum atomic E-state index is 12.0. The fraction of sp³-hybridized carbons (Fsp3) is 0.211. The highest BCUT2D eigenvalue weighted by Crippen LogP contribution is 2.35. The smallest absolute Gasteiger partial charge is 0.240 e. The summed E-state index contributed by atoms with van der Waals surface area (Å²) in [6.07, 6.45) is 1.88. The molecule has 2 aromatic rings. The Hall–Kier alpha value is -2.08. The second-order valence-corrected chi connectivity index (χ2v) is 6.22. The zero-order valence-corrected chi connectivity index (χ0v) is 14.1. The minimum absolute atomic E-state index is 0.0533. The average molecular weight is 341 g/mol. The van der Waals surface area contributed by atoms with Crippen LogP contribution in [0.1, 0.15) is 5.56 Å². The van der Waals surface area contributed by atoms with Crippen molar-refractivity contribution in [1.29, 1.82) is 0 Å². The fourth-order valence-electron chi connectivity index (χ4n) is 2.26. The third kappa shape index (κ3) is 4.71. The second kappa shape index (κ2) is 8.68. The molecule has 2 aliphatic heterocycles. The van der Waals surface area contributed by atoms with Crippen molar-refractivity contribution in [2.45, 2.75) is 4.90 Å². The Labute approximate surface area is 145 Å². The van der Waals surface area contributed by atoms with Crippen LogP contribution < -0.4 is 5.32 Å². The minimum Gasteiger partial charge on any atom is -0.377 e. The third-order valence-electron chi connectivity index (χ3n) is 3.43. The van der Waals surface area contributed by atoms with Crippen LogP contribution in [0, 0.1) is 0 Å². The van der Waals surface area contributed by atoms with Crippen molar-refractivity contribution in [2.24, 2.45) is 0 Å².